The summed E-state index contributed by atoms with van der Waals surface area (Å²) in [6, 6.07) is 21.5. The maximum Gasteiger partial charge on any atom is 0.277 e. The Morgan fingerprint density at radius 1 is 1.00 bits per heavy atom. The number of thioether (sulfide) groups is 1. The predicted molar refractivity (Wildman–Crippen MR) is 124 cm³/mol. The smallest absolute Gasteiger partial charge is 0.277 e. The molecule has 1 heterocycles. The van der Waals surface area contributed by atoms with Gasteiger partial charge in [0.05, 0.1) is 12.9 Å². The first-order valence-electron chi connectivity index (χ1n) is 9.53. The monoisotopic (exact) mass is 467 g/mol. The van der Waals surface area contributed by atoms with Crippen LogP contribution in [-0.4, -0.2) is 29.0 Å². The zero-order valence-electron chi connectivity index (χ0n) is 16.9. The summed E-state index contributed by atoms with van der Waals surface area (Å²) in [5.41, 5.74) is 1.40. The Bertz CT molecular complexity index is 1200. The fourth-order valence-electron chi connectivity index (χ4n) is 2.71. The molecule has 9 heteroatoms. The van der Waals surface area contributed by atoms with Gasteiger partial charge in [0.15, 0.2) is 0 Å². The molecule has 32 heavy (non-hydrogen) atoms. The second-order valence-corrected chi connectivity index (χ2v) is 7.89. The summed E-state index contributed by atoms with van der Waals surface area (Å²) in [6.07, 6.45) is 0. The van der Waals surface area contributed by atoms with Crippen LogP contribution in [0, 0.1) is 0 Å². The van der Waals surface area contributed by atoms with E-state index in [0.29, 0.717) is 39.1 Å². The minimum atomic E-state index is -0.192. The van der Waals surface area contributed by atoms with Gasteiger partial charge >= 0.3 is 0 Å². The minimum absolute atomic E-state index is 0.128. The number of nitrogens with one attached hydrogen (secondary N) is 1. The molecular weight excluding hydrogens is 450 g/mol. The van der Waals surface area contributed by atoms with E-state index in [0.717, 1.165) is 17.3 Å². The number of hydrogen-bond donors (Lipinski definition) is 1. The molecule has 0 aliphatic carbocycles. The Morgan fingerprint density at radius 2 is 1.72 bits per heavy atom. The Kier molecular flexibility index (Phi) is 6.94. The lowest BCUT2D eigenvalue weighted by Gasteiger charge is -2.08. The lowest BCUT2D eigenvalue weighted by atomic mass is 10.2. The van der Waals surface area contributed by atoms with E-state index in [2.05, 4.69) is 15.5 Å². The van der Waals surface area contributed by atoms with Crippen LogP contribution >= 0.6 is 23.4 Å². The Labute approximate surface area is 193 Å². The average molecular weight is 468 g/mol. The summed E-state index contributed by atoms with van der Waals surface area (Å²) in [4.78, 5) is 12.3. The number of amides is 1. The molecule has 0 spiro atoms. The van der Waals surface area contributed by atoms with Crippen LogP contribution in [0.3, 0.4) is 0 Å². The molecule has 1 aromatic heterocycles. The van der Waals surface area contributed by atoms with Crippen molar-refractivity contribution < 1.29 is 18.7 Å². The highest BCUT2D eigenvalue weighted by Crippen LogP contribution is 2.27. The lowest BCUT2D eigenvalue weighted by Crippen LogP contribution is -2.13. The second-order valence-electron chi connectivity index (χ2n) is 6.52. The van der Waals surface area contributed by atoms with Crippen molar-refractivity contribution in [3.05, 3.63) is 77.8 Å². The summed E-state index contributed by atoms with van der Waals surface area (Å²) in [5.74, 6) is 2.32. The maximum atomic E-state index is 12.3. The average Bonchev–Trinajstić information content (AvgIpc) is 3.30. The summed E-state index contributed by atoms with van der Waals surface area (Å²) in [7, 11) is 1.59. The third-order valence-electron chi connectivity index (χ3n) is 4.24. The summed E-state index contributed by atoms with van der Waals surface area (Å²) in [5, 5.41) is 11.8. The van der Waals surface area contributed by atoms with Crippen molar-refractivity contribution in [1.29, 1.82) is 0 Å². The van der Waals surface area contributed by atoms with E-state index in [1.807, 2.05) is 18.2 Å². The summed E-state index contributed by atoms with van der Waals surface area (Å²) in [6.45, 7) is 0. The van der Waals surface area contributed by atoms with Crippen molar-refractivity contribution in [2.75, 3.05) is 18.2 Å². The molecule has 0 bridgehead atoms. The van der Waals surface area contributed by atoms with Crippen molar-refractivity contribution >= 4 is 35.0 Å². The fourth-order valence-corrected chi connectivity index (χ4v) is 3.40. The largest absolute Gasteiger partial charge is 0.497 e. The van der Waals surface area contributed by atoms with Crippen LogP contribution in [0.4, 0.5) is 5.69 Å². The van der Waals surface area contributed by atoms with Crippen LogP contribution in [0.2, 0.25) is 5.02 Å². The van der Waals surface area contributed by atoms with Crippen molar-refractivity contribution in [3.63, 3.8) is 0 Å². The number of carbonyl (C=O) groups excluding carboxylic acids is 1. The van der Waals surface area contributed by atoms with Gasteiger partial charge in [-0.25, -0.2) is 0 Å². The topological polar surface area (TPSA) is 86.5 Å². The van der Waals surface area contributed by atoms with Crippen LogP contribution in [0.15, 0.2) is 82.4 Å². The van der Waals surface area contributed by atoms with Crippen LogP contribution in [0.5, 0.6) is 17.2 Å². The van der Waals surface area contributed by atoms with E-state index < -0.39 is 0 Å². The van der Waals surface area contributed by atoms with Gasteiger partial charge in [-0.15, -0.1) is 10.2 Å². The van der Waals surface area contributed by atoms with Gasteiger partial charge in [-0.3, -0.25) is 4.79 Å². The molecule has 0 saturated carbocycles. The van der Waals surface area contributed by atoms with E-state index >= 15 is 0 Å². The number of nitrogens with zero attached hydrogens (tertiary/aromatic N) is 2. The Morgan fingerprint density at radius 3 is 2.44 bits per heavy atom. The number of benzene rings is 3. The number of rotatable bonds is 8. The summed E-state index contributed by atoms with van der Waals surface area (Å²) < 4.78 is 16.6. The molecule has 0 aliphatic heterocycles. The van der Waals surface area contributed by atoms with Crippen LogP contribution in [0.25, 0.3) is 11.5 Å². The van der Waals surface area contributed by atoms with E-state index in [4.69, 9.17) is 25.5 Å². The first kappa shape index (κ1) is 21.7. The lowest BCUT2D eigenvalue weighted by molar-refractivity contribution is -0.113. The van der Waals surface area contributed by atoms with E-state index in [9.17, 15) is 4.79 Å². The molecule has 1 amide bonds. The molecule has 3 aromatic carbocycles. The molecule has 0 aliphatic rings. The van der Waals surface area contributed by atoms with E-state index in [1.54, 1.807) is 61.7 Å². The molecule has 0 fully saturated rings. The van der Waals surface area contributed by atoms with Crippen molar-refractivity contribution in [2.24, 2.45) is 0 Å². The van der Waals surface area contributed by atoms with Crippen molar-refractivity contribution in [2.45, 2.75) is 5.22 Å². The normalized spacial score (nSPS) is 10.6. The highest BCUT2D eigenvalue weighted by Gasteiger charge is 2.12. The quantitative estimate of drug-likeness (QED) is 0.322. The summed E-state index contributed by atoms with van der Waals surface area (Å²) >= 11 is 7.03. The molecule has 162 valence electrons. The fraction of sp³-hybridized carbons (Fsp3) is 0.0870. The maximum absolute atomic E-state index is 12.3. The minimum Gasteiger partial charge on any atom is -0.497 e. The molecule has 1 N–H and O–H groups in total. The third kappa shape index (κ3) is 5.81. The van der Waals surface area contributed by atoms with Gasteiger partial charge in [0.1, 0.15) is 17.2 Å². The van der Waals surface area contributed by atoms with Gasteiger partial charge in [-0.05, 0) is 66.7 Å². The standard InChI is InChI=1S/C23H18ClN3O4S/c1-29-20-4-2-3-15(13-20)22-26-27-23(31-22)32-14-21(28)25-17-7-11-19(12-8-17)30-18-9-5-16(24)6-10-18/h2-13H,14H2,1H3,(H,25,28). The van der Waals surface area contributed by atoms with Gasteiger partial charge < -0.3 is 19.2 Å². The SMILES string of the molecule is COc1cccc(-c2nnc(SCC(=O)Nc3ccc(Oc4ccc(Cl)cc4)cc3)o2)c1. The van der Waals surface area contributed by atoms with Crippen LogP contribution < -0.4 is 14.8 Å². The van der Waals surface area contributed by atoms with Gasteiger partial charge in [0.25, 0.3) is 5.22 Å². The molecular formula is C23H18ClN3O4S. The number of halogens is 1. The van der Waals surface area contributed by atoms with Gasteiger partial charge in [-0.1, -0.05) is 29.4 Å². The first-order chi connectivity index (χ1) is 15.6. The first-order valence-corrected chi connectivity index (χ1v) is 10.9. The highest BCUT2D eigenvalue weighted by atomic mass is 35.5. The number of aromatic nitrogens is 2. The molecule has 0 saturated heterocycles. The van der Waals surface area contributed by atoms with Gasteiger partial charge in [0, 0.05) is 16.3 Å². The van der Waals surface area contributed by atoms with Crippen molar-refractivity contribution in [3.8, 4) is 28.7 Å². The number of carbonyl (C=O) groups is 1. The Balaban J connectivity index is 1.28. The molecule has 4 aromatic rings. The zero-order valence-corrected chi connectivity index (χ0v) is 18.5. The highest BCUT2D eigenvalue weighted by molar-refractivity contribution is 7.99. The molecule has 7 nitrogen and oxygen atoms in total. The zero-order chi connectivity index (χ0) is 22.3. The number of anilines is 1. The Hall–Kier alpha value is -3.49. The van der Waals surface area contributed by atoms with Crippen molar-refractivity contribution in [1.82, 2.24) is 10.2 Å². The van der Waals surface area contributed by atoms with Gasteiger partial charge in [0.2, 0.25) is 11.8 Å². The van der Waals surface area contributed by atoms with Crippen LogP contribution in [0.1, 0.15) is 0 Å². The number of hydrogen-bond acceptors (Lipinski definition) is 7. The third-order valence-corrected chi connectivity index (χ3v) is 5.31. The number of methoxy groups -OCH3 is 1. The number of ether oxygens (including phenoxy) is 2. The van der Waals surface area contributed by atoms with E-state index in [1.165, 1.54) is 0 Å². The molecule has 0 radical (unpaired) electrons. The van der Waals surface area contributed by atoms with Crippen LogP contribution in [-0.2, 0) is 4.79 Å². The molecule has 0 unspecified atom stereocenters. The van der Waals surface area contributed by atoms with E-state index in [-0.39, 0.29) is 11.7 Å². The molecule has 0 atom stereocenters. The molecule has 4 rings (SSSR count). The van der Waals surface area contributed by atoms with Gasteiger partial charge in [-0.2, -0.15) is 0 Å². The second kappa shape index (κ2) is 10.2. The predicted octanol–water partition coefficient (Wildman–Crippen LogP) is 5.92.